The molecular formula is C60H80O33S2. The molecule has 0 radical (unpaired) electrons. The molecular weight excluding hydrogens is 1310 g/mol. The first-order valence-electron chi connectivity index (χ1n) is 31.2. The third kappa shape index (κ3) is 13.4. The zero-order valence-corrected chi connectivity index (χ0v) is 51.9. The summed E-state index contributed by atoms with van der Waals surface area (Å²) in [5.74, 6) is 0.331. The van der Waals surface area contributed by atoms with E-state index in [0.717, 1.165) is 43.4 Å². The molecule has 37 aliphatic rings. The molecule has 16 saturated heterocycles. The molecule has 41 rings (SSSR count). The fourth-order valence-corrected chi connectivity index (χ4v) is 16.2. The molecule has 4 aromatic carbocycles. The van der Waals surface area contributed by atoms with Crippen molar-refractivity contribution in [2.45, 2.75) is 226 Å². The van der Waals surface area contributed by atoms with Crippen LogP contribution in [0.1, 0.15) is 11.1 Å². The molecule has 0 saturated carbocycles. The molecule has 35 atom stereocenters. The van der Waals surface area contributed by atoms with Gasteiger partial charge in [-0.25, -0.2) is 0 Å². The zero-order valence-electron chi connectivity index (χ0n) is 50.2. The van der Waals surface area contributed by atoms with Crippen LogP contribution in [-0.2, 0) is 77.8 Å². The zero-order chi connectivity index (χ0) is 67.2. The van der Waals surface area contributed by atoms with Gasteiger partial charge in [-0.05, 0) is 43.4 Å². The smallest absolute Gasteiger partial charge is 0.187 e. The molecule has 0 aromatic heterocycles. The first kappa shape index (κ1) is 70.7. The summed E-state index contributed by atoms with van der Waals surface area (Å²) >= 11 is 2.52. The van der Waals surface area contributed by atoms with Gasteiger partial charge in [-0.1, -0.05) is 48.5 Å². The minimum Gasteiger partial charge on any atom is -0.394 e. The molecule has 19 N–H and O–H groups in total. The van der Waals surface area contributed by atoms with E-state index in [-0.39, 0.29) is 23.0 Å². The van der Waals surface area contributed by atoms with Gasteiger partial charge in [-0.15, -0.1) is 0 Å². The summed E-state index contributed by atoms with van der Waals surface area (Å²) in [6, 6.07) is 15.9. The van der Waals surface area contributed by atoms with Crippen molar-refractivity contribution < 1.29 is 163 Å². The first-order chi connectivity index (χ1) is 45.6. The topological polar surface area (TPSA) is 514 Å². The van der Waals surface area contributed by atoms with Crippen LogP contribution in [0, 0.1) is 0 Å². The molecule has 14 unspecified atom stereocenters. The van der Waals surface area contributed by atoms with Crippen LogP contribution in [0.25, 0.3) is 32.3 Å². The summed E-state index contributed by atoms with van der Waals surface area (Å²) in [7, 11) is 0. The molecule has 16 fully saturated rings. The van der Waals surface area contributed by atoms with Gasteiger partial charge in [-0.3, -0.25) is 0 Å². The Morgan fingerprint density at radius 1 is 0.263 bits per heavy atom. The van der Waals surface area contributed by atoms with Crippen molar-refractivity contribution in [1.82, 2.24) is 0 Å². The Hall–Kier alpha value is -2.70. The van der Waals surface area contributed by atoms with E-state index in [1.54, 1.807) is 0 Å². The van der Waals surface area contributed by atoms with Crippen molar-refractivity contribution in [3.63, 3.8) is 0 Å². The minimum atomic E-state index is -2.19. The van der Waals surface area contributed by atoms with Crippen molar-refractivity contribution in [2.75, 3.05) is 44.5 Å². The van der Waals surface area contributed by atoms with E-state index < -0.39 is 248 Å². The Morgan fingerprint density at radius 3 is 0.684 bits per heavy atom. The van der Waals surface area contributed by atoms with Gasteiger partial charge in [0.2, 0.25) is 0 Å². The molecule has 0 amide bonds. The van der Waals surface area contributed by atoms with Crippen LogP contribution in [0.4, 0.5) is 0 Å². The summed E-state index contributed by atoms with van der Waals surface area (Å²) < 4.78 is 84.6. The van der Waals surface area contributed by atoms with Gasteiger partial charge in [0.1, 0.15) is 159 Å². The van der Waals surface area contributed by atoms with Gasteiger partial charge in [0.15, 0.2) is 44.0 Å². The predicted octanol–water partition coefficient (Wildman–Crippen LogP) is -8.14. The molecule has 37 heterocycles. The number of hydrogen-bond donors (Lipinski definition) is 19. The number of ether oxygens (including phenoxy) is 14. The fraction of sp³-hybridized carbons (Fsp3) is 0.733. The van der Waals surface area contributed by atoms with Crippen molar-refractivity contribution in [3.8, 4) is 0 Å². The van der Waals surface area contributed by atoms with Crippen LogP contribution in [0.15, 0.2) is 48.5 Å². The predicted molar refractivity (Wildman–Crippen MR) is 317 cm³/mol. The Bertz CT molecular complexity index is 3120. The van der Waals surface area contributed by atoms with Crippen LogP contribution in [0.3, 0.4) is 0 Å². The summed E-state index contributed by atoms with van der Waals surface area (Å²) in [4.78, 5) is 0. The van der Waals surface area contributed by atoms with Gasteiger partial charge < -0.3 is 163 Å². The van der Waals surface area contributed by atoms with Gasteiger partial charge >= 0.3 is 0 Å². The Balaban J connectivity index is 0.898. The largest absolute Gasteiger partial charge is 0.394 e. The molecule has 24 bridgehead atoms. The standard InChI is InChI=1S/C60H80O33S2/c61-9-24-47-33(66)40(73)54(80-24)88-48-25(10-62)83-57(43(76)36(48)69)92-52-29-16-94-14-18-5-20-1-3-22-7-19(8-23-4-2-21(6-18)31(20)32(22)23)15-95-17-30-53(38(71)45(78)59(85-30)90-50-27(12-64)81-55(87-47)41(74)34(50)67)93-58-44(77)37(70)49(26(11-63)84-58)89-56-42(75)35(68)51(28(13-65)82-56)91-60(86-29)46(79)39(52)72/h1-8,24-30,33-79H,9-17H2/t24-,25-,26-,27-,28-,29-,30-,33?,34?,35?,36?,37?,38?,39?,40?,41?,42?,43?,44?,45?,46?,47-,48-,49-,50-,51-,52-,53-,54-,55-,56-,57-,58-,59-,60-/m1/s1. The van der Waals surface area contributed by atoms with E-state index in [4.69, 9.17) is 66.3 Å². The van der Waals surface area contributed by atoms with Gasteiger partial charge in [0.05, 0.1) is 45.2 Å². The van der Waals surface area contributed by atoms with E-state index in [2.05, 4.69) is 0 Å². The van der Waals surface area contributed by atoms with Crippen molar-refractivity contribution in [3.05, 3.63) is 59.7 Å². The summed E-state index contributed by atoms with van der Waals surface area (Å²) in [5.41, 5.74) is 1.66. The Morgan fingerprint density at radius 2 is 0.463 bits per heavy atom. The van der Waals surface area contributed by atoms with Crippen LogP contribution < -0.4 is 0 Å². The molecule has 35 heteroatoms. The number of aliphatic hydroxyl groups is 19. The normalized spacial score (nSPS) is 48.3. The van der Waals surface area contributed by atoms with Gasteiger partial charge in [0, 0.05) is 23.0 Å². The lowest BCUT2D eigenvalue weighted by atomic mass is 9.92. The SMILES string of the molecule is OC[C@H]1O[C@@H]2O[C@H]3C(O)C(O)[C@H](O[C@@H]3CO)O[C@H]3C(O)C(O)[C@@H]4O[C@@H]3CSCc3cc5ccc6cc(cc7ccc(c3)c5c67)CSC[C@H]3O[C@H](O[C@H]5C(O)C(O)[C@H](O[C@@H]5CO)O[C@H]1C(O)C2O)C(O)C(O)[C@@H]3O[C@H]1O[C@H](CO)[C@@H](O[C@H]2O[C@H](CO)[C@@H](O4)C(O)C2O)C(O)C1O. The molecule has 0 spiro atoms. The third-order valence-corrected chi connectivity index (χ3v) is 21.4. The number of aliphatic hydroxyl groups excluding tert-OH is 19. The van der Waals surface area contributed by atoms with E-state index >= 15 is 0 Å². The highest BCUT2D eigenvalue weighted by atomic mass is 32.2. The number of rotatable bonds is 5. The average molecular weight is 1390 g/mol. The highest BCUT2D eigenvalue weighted by molar-refractivity contribution is 7.98. The lowest BCUT2D eigenvalue weighted by molar-refractivity contribution is -0.395. The van der Waals surface area contributed by atoms with Crippen molar-refractivity contribution in [2.24, 2.45) is 0 Å². The Kier molecular flexibility index (Phi) is 21.8. The number of thioether (sulfide) groups is 2. The second-order valence-electron chi connectivity index (χ2n) is 25.3. The molecule has 37 aliphatic heterocycles. The minimum absolute atomic E-state index is 0.113. The van der Waals surface area contributed by atoms with E-state index in [9.17, 15) is 97.0 Å². The van der Waals surface area contributed by atoms with Crippen LogP contribution in [0.2, 0.25) is 0 Å². The quantitative estimate of drug-likeness (QED) is 0.0825. The maximum Gasteiger partial charge on any atom is 0.187 e. The molecule has 95 heavy (non-hydrogen) atoms. The maximum atomic E-state index is 12.1. The molecule has 530 valence electrons. The van der Waals surface area contributed by atoms with Gasteiger partial charge in [-0.2, -0.15) is 23.5 Å². The lowest BCUT2D eigenvalue weighted by Gasteiger charge is -2.50. The maximum absolute atomic E-state index is 12.1. The monoisotopic (exact) mass is 1390 g/mol. The number of benzene rings is 4. The highest BCUT2D eigenvalue weighted by Crippen LogP contribution is 2.42. The fourth-order valence-electron chi connectivity index (χ4n) is 14.1. The molecule has 0 aliphatic carbocycles. The number of hydrogen-bond acceptors (Lipinski definition) is 35. The van der Waals surface area contributed by atoms with Crippen molar-refractivity contribution in [1.29, 1.82) is 0 Å². The van der Waals surface area contributed by atoms with Gasteiger partial charge in [0.25, 0.3) is 0 Å². The highest BCUT2D eigenvalue weighted by Gasteiger charge is 2.60. The lowest BCUT2D eigenvalue weighted by Crippen LogP contribution is -2.68. The van der Waals surface area contributed by atoms with E-state index in [1.807, 2.05) is 48.5 Å². The average Bonchev–Trinajstić information content (AvgIpc) is 0.754. The second kappa shape index (κ2) is 29.3. The van der Waals surface area contributed by atoms with Crippen LogP contribution >= 0.6 is 23.5 Å². The Labute approximate surface area is 547 Å². The summed E-state index contributed by atoms with van der Waals surface area (Å²) in [6.45, 7) is -5.04. The summed E-state index contributed by atoms with van der Waals surface area (Å²) in [6.07, 6.45) is -67.9. The van der Waals surface area contributed by atoms with E-state index in [1.165, 1.54) is 23.5 Å². The molecule has 33 nitrogen and oxygen atoms in total. The van der Waals surface area contributed by atoms with E-state index in [0.29, 0.717) is 0 Å². The molecule has 4 aromatic rings. The van der Waals surface area contributed by atoms with Crippen LogP contribution in [0.5, 0.6) is 0 Å². The second-order valence-corrected chi connectivity index (χ2v) is 27.3. The van der Waals surface area contributed by atoms with Crippen molar-refractivity contribution >= 4 is 55.8 Å². The summed E-state index contributed by atoms with van der Waals surface area (Å²) in [5, 5.41) is 224. The van der Waals surface area contributed by atoms with Crippen LogP contribution in [-0.4, -0.2) is 357 Å². The first-order valence-corrected chi connectivity index (χ1v) is 33.5. The third-order valence-electron chi connectivity index (χ3n) is 19.2.